The summed E-state index contributed by atoms with van der Waals surface area (Å²) in [5.74, 6) is -0.649. The summed E-state index contributed by atoms with van der Waals surface area (Å²) in [5, 5.41) is 18.2. The van der Waals surface area contributed by atoms with Crippen molar-refractivity contribution in [2.45, 2.75) is 56.8 Å². The number of aliphatic hydroxyl groups is 1. The molecule has 0 bridgehead atoms. The molecule has 3 atom stereocenters. The highest BCUT2D eigenvalue weighted by Gasteiger charge is 2.50. The fourth-order valence-corrected chi connectivity index (χ4v) is 5.17. The van der Waals surface area contributed by atoms with E-state index < -0.39 is 17.8 Å². The second-order valence-corrected chi connectivity index (χ2v) is 9.26. The van der Waals surface area contributed by atoms with Gasteiger partial charge in [-0.3, -0.25) is 9.28 Å². The van der Waals surface area contributed by atoms with Gasteiger partial charge in [-0.05, 0) is 31.2 Å². The molecule has 0 spiro atoms. The molecule has 33 heavy (non-hydrogen) atoms. The Morgan fingerprint density at radius 3 is 2.52 bits per heavy atom. The monoisotopic (exact) mass is 521 g/mol. The minimum Gasteiger partial charge on any atom is -1.00 e. The number of amides is 1. The number of likely N-dealkylation sites (N-methyl/N-ethyl adjacent to an activating group) is 1. The molecule has 9 heteroatoms. The maximum Gasteiger partial charge on any atom is 0.347 e. The molecular formula is C24H32BrN3O5. The lowest BCUT2D eigenvalue weighted by atomic mass is 9.80. The van der Waals surface area contributed by atoms with E-state index in [-0.39, 0.29) is 39.8 Å². The van der Waals surface area contributed by atoms with Gasteiger partial charge in [0.25, 0.3) is 5.91 Å². The van der Waals surface area contributed by atoms with E-state index in [2.05, 4.69) is 10.5 Å². The first-order chi connectivity index (χ1) is 15.4. The number of benzene rings is 1. The zero-order chi connectivity index (χ0) is 22.6. The first kappa shape index (κ1) is 25.4. The van der Waals surface area contributed by atoms with Gasteiger partial charge in [0.15, 0.2) is 18.0 Å². The number of likely N-dealkylation sites (tertiary alicyclic amines) is 1. The number of piperidine rings is 1. The van der Waals surface area contributed by atoms with Crippen LogP contribution in [0.4, 0.5) is 5.82 Å². The van der Waals surface area contributed by atoms with Crippen LogP contribution in [-0.2, 0) is 19.9 Å². The normalized spacial score (nSPS) is 25.0. The number of aromatic nitrogens is 1. The molecule has 1 aliphatic heterocycles. The number of esters is 1. The molecule has 8 nitrogen and oxygen atoms in total. The third-order valence-electron chi connectivity index (χ3n) is 6.99. The smallest absolute Gasteiger partial charge is 0.347 e. The van der Waals surface area contributed by atoms with Gasteiger partial charge in [0.05, 0.1) is 13.6 Å². The number of nitrogens with one attached hydrogen (secondary N) is 1. The molecule has 1 saturated heterocycles. The standard InChI is InChI=1S/C24H31N3O5.BrH/c1-27(17-21(28)25-20-14-16-31-26-20)15-8-7-13-22(27)32-23(29)24(30,19-11-5-6-12-19)18-9-3-2-4-10-18;/h2-4,9-10,14,16,19,22,30H,5-8,11-13,15,17H2,1H3;1H. The van der Waals surface area contributed by atoms with Gasteiger partial charge in [-0.25, -0.2) is 4.79 Å². The maximum absolute atomic E-state index is 13.5. The topological polar surface area (TPSA) is 102 Å². The molecule has 2 aliphatic rings. The van der Waals surface area contributed by atoms with Gasteiger partial charge in [0, 0.05) is 18.4 Å². The molecule has 1 aliphatic carbocycles. The third-order valence-corrected chi connectivity index (χ3v) is 6.99. The van der Waals surface area contributed by atoms with E-state index >= 15 is 0 Å². The number of halogens is 1. The minimum atomic E-state index is -1.68. The molecular weight excluding hydrogens is 490 g/mol. The van der Waals surface area contributed by atoms with Crippen molar-refractivity contribution in [3.05, 3.63) is 48.2 Å². The van der Waals surface area contributed by atoms with Crippen LogP contribution in [0, 0.1) is 5.92 Å². The summed E-state index contributed by atoms with van der Waals surface area (Å²) in [5.41, 5.74) is -1.10. The van der Waals surface area contributed by atoms with Gasteiger partial charge in [0.2, 0.25) is 6.23 Å². The second kappa shape index (κ2) is 10.8. The highest BCUT2D eigenvalue weighted by atomic mass is 79.9. The van der Waals surface area contributed by atoms with Gasteiger partial charge in [-0.1, -0.05) is 48.3 Å². The van der Waals surface area contributed by atoms with E-state index in [1.165, 1.54) is 6.26 Å². The Morgan fingerprint density at radius 1 is 1.15 bits per heavy atom. The van der Waals surface area contributed by atoms with Crippen molar-refractivity contribution in [3.63, 3.8) is 0 Å². The average Bonchev–Trinajstić information content (AvgIpc) is 3.50. The van der Waals surface area contributed by atoms with Crippen LogP contribution in [-0.4, -0.2) is 53.0 Å². The lowest BCUT2D eigenvalue weighted by Gasteiger charge is -2.44. The fourth-order valence-electron chi connectivity index (χ4n) is 5.17. The second-order valence-electron chi connectivity index (χ2n) is 9.26. The van der Waals surface area contributed by atoms with Crippen LogP contribution in [0.2, 0.25) is 0 Å². The predicted molar refractivity (Wildman–Crippen MR) is 117 cm³/mol. The SMILES string of the molecule is C[N+]1(CC(=O)Nc2ccon2)CCCCC1OC(=O)C(O)(c1ccccc1)C1CCCC1.[Br-]. The number of quaternary nitrogens is 1. The summed E-state index contributed by atoms with van der Waals surface area (Å²) in [6, 6.07) is 10.7. The third kappa shape index (κ3) is 5.47. The molecule has 0 radical (unpaired) electrons. The summed E-state index contributed by atoms with van der Waals surface area (Å²) in [6.45, 7) is 0.843. The van der Waals surface area contributed by atoms with Crippen LogP contribution in [0.5, 0.6) is 0 Å². The van der Waals surface area contributed by atoms with Gasteiger partial charge in [-0.15, -0.1) is 0 Å². The number of anilines is 1. The van der Waals surface area contributed by atoms with Crippen LogP contribution in [0.15, 0.2) is 47.2 Å². The maximum atomic E-state index is 13.5. The highest BCUT2D eigenvalue weighted by molar-refractivity contribution is 5.90. The number of hydrogen-bond acceptors (Lipinski definition) is 6. The number of hydrogen-bond donors (Lipinski definition) is 2. The van der Waals surface area contributed by atoms with E-state index in [0.29, 0.717) is 24.3 Å². The molecule has 1 aromatic heterocycles. The van der Waals surface area contributed by atoms with Crippen molar-refractivity contribution < 1.29 is 45.4 Å². The van der Waals surface area contributed by atoms with Crippen molar-refractivity contribution in [2.75, 3.05) is 25.5 Å². The van der Waals surface area contributed by atoms with E-state index in [1.54, 1.807) is 18.2 Å². The average molecular weight is 522 g/mol. The Kier molecular flexibility index (Phi) is 8.31. The summed E-state index contributed by atoms with van der Waals surface area (Å²) in [4.78, 5) is 26.2. The summed E-state index contributed by atoms with van der Waals surface area (Å²) in [6.07, 6.45) is 6.95. The first-order valence-electron chi connectivity index (χ1n) is 11.5. The van der Waals surface area contributed by atoms with Crippen LogP contribution < -0.4 is 22.3 Å². The fraction of sp³-hybridized carbons (Fsp3) is 0.542. The molecule has 3 unspecified atom stereocenters. The number of ether oxygens (including phenoxy) is 1. The Bertz CT molecular complexity index is 919. The van der Waals surface area contributed by atoms with Crippen LogP contribution in [0.3, 0.4) is 0 Å². The van der Waals surface area contributed by atoms with Gasteiger partial charge in [0.1, 0.15) is 6.26 Å². The van der Waals surface area contributed by atoms with Crippen molar-refractivity contribution >= 4 is 17.7 Å². The summed E-state index contributed by atoms with van der Waals surface area (Å²) < 4.78 is 11.1. The molecule has 1 aromatic carbocycles. The summed E-state index contributed by atoms with van der Waals surface area (Å²) in [7, 11) is 1.93. The zero-order valence-electron chi connectivity index (χ0n) is 18.9. The van der Waals surface area contributed by atoms with Gasteiger partial charge in [-0.2, -0.15) is 0 Å². The predicted octanol–water partition coefficient (Wildman–Crippen LogP) is 0.195. The molecule has 2 heterocycles. The minimum absolute atomic E-state index is 0. The van der Waals surface area contributed by atoms with Crippen molar-refractivity contribution in [2.24, 2.45) is 5.92 Å². The summed E-state index contributed by atoms with van der Waals surface area (Å²) >= 11 is 0. The number of carbonyl (C=O) groups is 2. The zero-order valence-corrected chi connectivity index (χ0v) is 20.5. The molecule has 4 rings (SSSR count). The lowest BCUT2D eigenvalue weighted by Crippen LogP contribution is -3.00. The Morgan fingerprint density at radius 2 is 1.85 bits per heavy atom. The van der Waals surface area contributed by atoms with E-state index in [4.69, 9.17) is 9.26 Å². The van der Waals surface area contributed by atoms with E-state index in [1.807, 2.05) is 25.2 Å². The molecule has 180 valence electrons. The van der Waals surface area contributed by atoms with Crippen LogP contribution >= 0.6 is 0 Å². The molecule has 1 saturated carbocycles. The molecule has 2 aromatic rings. The van der Waals surface area contributed by atoms with Gasteiger partial charge < -0.3 is 36.7 Å². The number of rotatable bonds is 7. The molecule has 2 fully saturated rings. The largest absolute Gasteiger partial charge is 1.00 e. The Hall–Kier alpha value is -2.23. The number of nitrogens with zero attached hydrogens (tertiary/aromatic N) is 2. The van der Waals surface area contributed by atoms with Crippen molar-refractivity contribution in [3.8, 4) is 0 Å². The molecule has 2 N–H and O–H groups in total. The van der Waals surface area contributed by atoms with E-state index in [9.17, 15) is 14.7 Å². The van der Waals surface area contributed by atoms with Crippen molar-refractivity contribution in [1.29, 1.82) is 0 Å². The van der Waals surface area contributed by atoms with E-state index in [0.717, 1.165) is 38.5 Å². The number of carbonyl (C=O) groups excluding carboxylic acids is 2. The quantitative estimate of drug-likeness (QED) is 0.398. The highest BCUT2D eigenvalue weighted by Crippen LogP contribution is 2.42. The first-order valence-corrected chi connectivity index (χ1v) is 11.5. The lowest BCUT2D eigenvalue weighted by molar-refractivity contribution is -0.950. The Balaban J connectivity index is 0.00000306. The molecule has 1 amide bonds. The van der Waals surface area contributed by atoms with Crippen LogP contribution in [0.1, 0.15) is 50.5 Å². The Labute approximate surface area is 204 Å². The van der Waals surface area contributed by atoms with Crippen LogP contribution in [0.25, 0.3) is 0 Å². The van der Waals surface area contributed by atoms with Crippen molar-refractivity contribution in [1.82, 2.24) is 5.16 Å². The van der Waals surface area contributed by atoms with Gasteiger partial charge >= 0.3 is 5.97 Å².